The van der Waals surface area contributed by atoms with E-state index in [1.54, 1.807) is 0 Å². The molecule has 0 aliphatic carbocycles. The van der Waals surface area contributed by atoms with Crippen molar-refractivity contribution in [3.05, 3.63) is 76.8 Å². The number of aromatic nitrogens is 1. The molecule has 5 heteroatoms. The molecule has 3 aromatic rings. The number of aldehydes is 1. The number of aryl methyl sites for hydroxylation is 1. The summed E-state index contributed by atoms with van der Waals surface area (Å²) in [4.78, 5) is 31.2. The van der Waals surface area contributed by atoms with E-state index in [0.29, 0.717) is 31.6 Å². The van der Waals surface area contributed by atoms with Crippen molar-refractivity contribution in [3.63, 3.8) is 0 Å². The van der Waals surface area contributed by atoms with Gasteiger partial charge in [-0.05, 0) is 25.3 Å². The smallest absolute Gasteiger partial charge is 0.273 e. The van der Waals surface area contributed by atoms with Gasteiger partial charge in [0.2, 0.25) is 0 Å². The average molecular weight is 391 g/mol. The highest BCUT2D eigenvalue weighted by atomic mass is 32.1. The molecule has 4 nitrogen and oxygen atoms in total. The fourth-order valence-electron chi connectivity index (χ4n) is 3.72. The summed E-state index contributed by atoms with van der Waals surface area (Å²) in [5.41, 5.74) is 3.25. The molecule has 1 amide bonds. The second-order valence-corrected chi connectivity index (χ2v) is 8.19. The molecule has 0 saturated carbocycles. The van der Waals surface area contributed by atoms with E-state index in [-0.39, 0.29) is 5.91 Å². The predicted molar refractivity (Wildman–Crippen MR) is 112 cm³/mol. The van der Waals surface area contributed by atoms with Gasteiger partial charge in [0.25, 0.3) is 5.91 Å². The van der Waals surface area contributed by atoms with Crippen molar-refractivity contribution in [2.24, 2.45) is 0 Å². The van der Waals surface area contributed by atoms with E-state index in [1.165, 1.54) is 16.9 Å². The first kappa shape index (κ1) is 18.6. The van der Waals surface area contributed by atoms with Crippen LogP contribution in [0.2, 0.25) is 0 Å². The summed E-state index contributed by atoms with van der Waals surface area (Å²) in [6.45, 7) is 3.17. The minimum atomic E-state index is -0.493. The van der Waals surface area contributed by atoms with Gasteiger partial charge in [0.1, 0.15) is 17.0 Å². The third-order valence-electron chi connectivity index (χ3n) is 5.54. The van der Waals surface area contributed by atoms with Gasteiger partial charge in [0.05, 0.1) is 5.41 Å². The Kier molecular flexibility index (Phi) is 5.09. The highest BCUT2D eigenvalue weighted by Gasteiger charge is 2.37. The Morgan fingerprint density at radius 2 is 1.75 bits per heavy atom. The van der Waals surface area contributed by atoms with Crippen molar-refractivity contribution in [2.75, 3.05) is 13.1 Å². The van der Waals surface area contributed by atoms with Gasteiger partial charge in [-0.15, -0.1) is 11.3 Å². The highest BCUT2D eigenvalue weighted by Crippen LogP contribution is 2.34. The molecular formula is C23H22N2O2S. The molecule has 1 aliphatic rings. The van der Waals surface area contributed by atoms with Crippen LogP contribution in [0.15, 0.2) is 60.0 Å². The molecule has 4 rings (SSSR count). The normalized spacial score (nSPS) is 16.0. The van der Waals surface area contributed by atoms with Crippen molar-refractivity contribution < 1.29 is 9.59 Å². The third-order valence-corrected chi connectivity index (χ3v) is 6.43. The van der Waals surface area contributed by atoms with Crippen LogP contribution in [-0.2, 0) is 10.2 Å². The lowest BCUT2D eigenvalue weighted by Crippen LogP contribution is -2.46. The number of carbonyl (C=O) groups is 2. The number of nitrogens with zero attached hydrogens (tertiary/aromatic N) is 2. The minimum Gasteiger partial charge on any atom is -0.337 e. The minimum absolute atomic E-state index is 0.0535. The number of amides is 1. The van der Waals surface area contributed by atoms with Gasteiger partial charge < -0.3 is 9.69 Å². The first-order valence-corrected chi connectivity index (χ1v) is 10.3. The van der Waals surface area contributed by atoms with E-state index >= 15 is 0 Å². The Bertz CT molecular complexity index is 971. The van der Waals surface area contributed by atoms with E-state index in [4.69, 9.17) is 0 Å². The molecule has 0 unspecified atom stereocenters. The Balaban J connectivity index is 1.47. The molecule has 1 aromatic heterocycles. The third kappa shape index (κ3) is 3.50. The SMILES string of the molecule is Cc1ccc(-c2nc(C(=O)N3CCC(C=O)(c4ccccc4)CC3)cs2)cc1. The van der Waals surface area contributed by atoms with Crippen LogP contribution in [0.4, 0.5) is 0 Å². The van der Waals surface area contributed by atoms with Crippen molar-refractivity contribution in [2.45, 2.75) is 25.2 Å². The largest absolute Gasteiger partial charge is 0.337 e. The summed E-state index contributed by atoms with van der Waals surface area (Å²) in [5.74, 6) is -0.0535. The van der Waals surface area contributed by atoms with E-state index in [2.05, 4.69) is 4.98 Å². The number of thiazole rings is 1. The molecule has 28 heavy (non-hydrogen) atoms. The topological polar surface area (TPSA) is 50.3 Å². The molecule has 0 N–H and O–H groups in total. The van der Waals surface area contributed by atoms with Crippen LogP contribution < -0.4 is 0 Å². The van der Waals surface area contributed by atoms with Gasteiger partial charge in [-0.3, -0.25) is 4.79 Å². The molecule has 0 atom stereocenters. The van der Waals surface area contributed by atoms with Crippen molar-refractivity contribution >= 4 is 23.5 Å². The van der Waals surface area contributed by atoms with Crippen LogP contribution in [0.1, 0.15) is 34.5 Å². The van der Waals surface area contributed by atoms with Crippen LogP contribution >= 0.6 is 11.3 Å². The zero-order valence-electron chi connectivity index (χ0n) is 15.8. The predicted octanol–water partition coefficient (Wildman–Crippen LogP) is 4.49. The summed E-state index contributed by atoms with van der Waals surface area (Å²) < 4.78 is 0. The molecule has 0 spiro atoms. The maximum atomic E-state index is 12.9. The maximum absolute atomic E-state index is 12.9. The molecular weight excluding hydrogens is 368 g/mol. The van der Waals surface area contributed by atoms with Crippen LogP contribution in [0.5, 0.6) is 0 Å². The number of hydrogen-bond donors (Lipinski definition) is 0. The summed E-state index contributed by atoms with van der Waals surface area (Å²) in [7, 11) is 0. The van der Waals surface area contributed by atoms with Crippen LogP contribution in [0.3, 0.4) is 0 Å². The number of likely N-dealkylation sites (tertiary alicyclic amines) is 1. The first-order chi connectivity index (χ1) is 13.6. The molecule has 0 bridgehead atoms. The van der Waals surface area contributed by atoms with E-state index < -0.39 is 5.41 Å². The number of rotatable bonds is 4. The molecule has 1 saturated heterocycles. The standard InChI is InChI=1S/C23H22N2O2S/c1-17-7-9-18(10-8-17)21-24-20(15-28-21)22(27)25-13-11-23(16-26,12-14-25)19-5-3-2-4-6-19/h2-10,15-16H,11-14H2,1H3. The molecule has 0 radical (unpaired) electrons. The number of piperidine rings is 1. The summed E-state index contributed by atoms with van der Waals surface area (Å²) in [6.07, 6.45) is 2.34. The quantitative estimate of drug-likeness (QED) is 0.617. The lowest BCUT2D eigenvalue weighted by atomic mass is 9.74. The van der Waals surface area contributed by atoms with E-state index in [0.717, 1.165) is 22.4 Å². The Labute approximate surface area is 168 Å². The number of hydrogen-bond acceptors (Lipinski definition) is 4. The van der Waals surface area contributed by atoms with Gasteiger partial charge in [0, 0.05) is 24.0 Å². The fourth-order valence-corrected chi connectivity index (χ4v) is 4.52. The van der Waals surface area contributed by atoms with Gasteiger partial charge >= 0.3 is 0 Å². The van der Waals surface area contributed by atoms with Crippen LogP contribution in [0, 0.1) is 6.92 Å². The summed E-state index contributed by atoms with van der Waals surface area (Å²) in [5, 5.41) is 2.68. The summed E-state index contributed by atoms with van der Waals surface area (Å²) >= 11 is 1.49. The fraction of sp³-hybridized carbons (Fsp3) is 0.261. The second kappa shape index (κ2) is 7.68. The zero-order chi connectivity index (χ0) is 19.6. The van der Waals surface area contributed by atoms with Crippen LogP contribution in [-0.4, -0.2) is 35.2 Å². The van der Waals surface area contributed by atoms with Crippen LogP contribution in [0.25, 0.3) is 10.6 Å². The van der Waals surface area contributed by atoms with E-state index in [9.17, 15) is 9.59 Å². The number of carbonyl (C=O) groups excluding carboxylic acids is 2. The second-order valence-electron chi connectivity index (χ2n) is 7.34. The molecule has 2 aromatic carbocycles. The van der Waals surface area contributed by atoms with Gasteiger partial charge in [-0.25, -0.2) is 4.98 Å². The lowest BCUT2D eigenvalue weighted by molar-refractivity contribution is -0.114. The molecule has 1 aliphatic heterocycles. The first-order valence-electron chi connectivity index (χ1n) is 9.45. The Hall–Kier alpha value is -2.79. The van der Waals surface area contributed by atoms with Crippen molar-refractivity contribution in [1.82, 2.24) is 9.88 Å². The van der Waals surface area contributed by atoms with Gasteiger partial charge in [-0.1, -0.05) is 60.2 Å². The summed E-state index contributed by atoms with van der Waals surface area (Å²) in [6, 6.07) is 18.0. The lowest BCUT2D eigenvalue weighted by Gasteiger charge is -2.38. The maximum Gasteiger partial charge on any atom is 0.273 e. The highest BCUT2D eigenvalue weighted by molar-refractivity contribution is 7.13. The van der Waals surface area contributed by atoms with Gasteiger partial charge in [0.15, 0.2) is 0 Å². The molecule has 2 heterocycles. The average Bonchev–Trinajstić information content (AvgIpc) is 3.25. The zero-order valence-corrected chi connectivity index (χ0v) is 16.6. The van der Waals surface area contributed by atoms with E-state index in [1.807, 2.05) is 71.8 Å². The van der Waals surface area contributed by atoms with Crippen molar-refractivity contribution in [1.29, 1.82) is 0 Å². The van der Waals surface area contributed by atoms with Gasteiger partial charge in [-0.2, -0.15) is 0 Å². The Morgan fingerprint density at radius 1 is 1.07 bits per heavy atom. The Morgan fingerprint density at radius 3 is 2.39 bits per heavy atom. The van der Waals surface area contributed by atoms with Crippen molar-refractivity contribution in [3.8, 4) is 10.6 Å². The molecule has 1 fully saturated rings. The molecule has 142 valence electrons. The number of benzene rings is 2. The monoisotopic (exact) mass is 390 g/mol.